The van der Waals surface area contributed by atoms with Gasteiger partial charge < -0.3 is 14.0 Å². The summed E-state index contributed by atoms with van der Waals surface area (Å²) in [6.45, 7) is 0.603. The van der Waals surface area contributed by atoms with E-state index in [2.05, 4.69) is 16.7 Å². The van der Waals surface area contributed by atoms with Crippen molar-refractivity contribution in [3.63, 3.8) is 0 Å². The molecule has 1 heterocycles. The van der Waals surface area contributed by atoms with Crippen molar-refractivity contribution < 1.29 is 9.47 Å². The lowest BCUT2D eigenvalue weighted by atomic mass is 10.0. The van der Waals surface area contributed by atoms with Crippen LogP contribution in [-0.2, 0) is 6.54 Å². The molecule has 3 aromatic carbocycles. The lowest BCUT2D eigenvalue weighted by molar-refractivity contribution is 0.406. The lowest BCUT2D eigenvalue weighted by Gasteiger charge is -2.21. The van der Waals surface area contributed by atoms with Crippen molar-refractivity contribution in [2.45, 2.75) is 6.54 Å². The van der Waals surface area contributed by atoms with Gasteiger partial charge in [0.05, 0.1) is 30.8 Å². The van der Waals surface area contributed by atoms with Gasteiger partial charge in [0, 0.05) is 12.1 Å². The predicted octanol–water partition coefficient (Wildman–Crippen LogP) is 4.73. The van der Waals surface area contributed by atoms with Gasteiger partial charge >= 0.3 is 0 Å². The van der Waals surface area contributed by atoms with E-state index in [4.69, 9.17) is 9.47 Å². The van der Waals surface area contributed by atoms with E-state index in [1.54, 1.807) is 13.2 Å². The number of pyridine rings is 1. The molecule has 4 nitrogen and oxygen atoms in total. The number of hydrogen-bond donors (Lipinski definition) is 0. The van der Waals surface area contributed by atoms with E-state index < -0.39 is 0 Å². The van der Waals surface area contributed by atoms with Gasteiger partial charge in [-0.05, 0) is 17.7 Å². The molecular formula is C24H21NO3. The van der Waals surface area contributed by atoms with Crippen LogP contribution >= 0.6 is 0 Å². The molecule has 0 aliphatic carbocycles. The molecule has 0 aliphatic rings. The molecule has 0 N–H and O–H groups in total. The van der Waals surface area contributed by atoms with E-state index in [0.717, 1.165) is 22.3 Å². The molecule has 4 heteroatoms. The van der Waals surface area contributed by atoms with Crippen LogP contribution in [0.2, 0.25) is 0 Å². The van der Waals surface area contributed by atoms with Crippen molar-refractivity contribution in [1.29, 1.82) is 0 Å². The van der Waals surface area contributed by atoms with Crippen molar-refractivity contribution in [2.75, 3.05) is 14.2 Å². The SMILES string of the molecule is COc1c(-c2ccccc2)n(Cc2ccccc2)c2cccc(OC)c2c1=O. The number of methoxy groups -OCH3 is 2. The Morgan fingerprint density at radius 1 is 0.786 bits per heavy atom. The fraction of sp³-hybridized carbons (Fsp3) is 0.125. The minimum Gasteiger partial charge on any atom is -0.496 e. The van der Waals surface area contributed by atoms with Crippen LogP contribution in [0.25, 0.3) is 22.2 Å². The van der Waals surface area contributed by atoms with E-state index in [0.29, 0.717) is 23.4 Å². The zero-order valence-corrected chi connectivity index (χ0v) is 15.9. The zero-order chi connectivity index (χ0) is 19.5. The maximum absolute atomic E-state index is 13.3. The van der Waals surface area contributed by atoms with Crippen LogP contribution in [0.1, 0.15) is 5.56 Å². The number of aromatic nitrogens is 1. The average Bonchev–Trinajstić information content (AvgIpc) is 2.76. The molecule has 4 rings (SSSR count). The first-order valence-corrected chi connectivity index (χ1v) is 9.11. The van der Waals surface area contributed by atoms with Gasteiger partial charge in [0.2, 0.25) is 5.43 Å². The highest BCUT2D eigenvalue weighted by Gasteiger charge is 2.21. The molecule has 0 spiro atoms. The molecule has 28 heavy (non-hydrogen) atoms. The summed E-state index contributed by atoms with van der Waals surface area (Å²) in [6, 6.07) is 25.7. The second-order valence-corrected chi connectivity index (χ2v) is 6.50. The van der Waals surface area contributed by atoms with Gasteiger partial charge in [0.1, 0.15) is 5.75 Å². The minimum absolute atomic E-state index is 0.168. The topological polar surface area (TPSA) is 40.5 Å². The van der Waals surface area contributed by atoms with Crippen LogP contribution < -0.4 is 14.9 Å². The standard InChI is InChI=1S/C24H21NO3/c1-27-20-15-9-14-19-21(20)23(26)24(28-2)22(18-12-7-4-8-13-18)25(19)16-17-10-5-3-6-11-17/h3-15H,16H2,1-2H3. The summed E-state index contributed by atoms with van der Waals surface area (Å²) in [4.78, 5) is 13.3. The maximum atomic E-state index is 13.3. The monoisotopic (exact) mass is 371 g/mol. The molecule has 0 saturated carbocycles. The van der Waals surface area contributed by atoms with E-state index in [1.807, 2.05) is 60.7 Å². The van der Waals surface area contributed by atoms with E-state index >= 15 is 0 Å². The quantitative estimate of drug-likeness (QED) is 0.509. The van der Waals surface area contributed by atoms with Crippen molar-refractivity contribution in [3.8, 4) is 22.8 Å². The Labute approximate surface area is 163 Å². The van der Waals surface area contributed by atoms with Crippen LogP contribution in [0.3, 0.4) is 0 Å². The fourth-order valence-corrected chi connectivity index (χ4v) is 3.61. The molecule has 0 amide bonds. The Morgan fingerprint density at radius 2 is 1.46 bits per heavy atom. The van der Waals surface area contributed by atoms with Crippen LogP contribution in [0.4, 0.5) is 0 Å². The smallest absolute Gasteiger partial charge is 0.235 e. The molecule has 4 aromatic rings. The Kier molecular flexibility index (Phi) is 4.85. The van der Waals surface area contributed by atoms with Gasteiger partial charge in [-0.2, -0.15) is 0 Å². The average molecular weight is 371 g/mol. The van der Waals surface area contributed by atoms with Crippen molar-refractivity contribution in [2.24, 2.45) is 0 Å². The summed E-state index contributed by atoms with van der Waals surface area (Å²) in [5.41, 5.74) is 3.47. The number of hydrogen-bond acceptors (Lipinski definition) is 3. The first-order valence-electron chi connectivity index (χ1n) is 9.11. The Morgan fingerprint density at radius 3 is 2.11 bits per heavy atom. The molecule has 0 aliphatic heterocycles. The molecule has 0 unspecified atom stereocenters. The highest BCUT2D eigenvalue weighted by atomic mass is 16.5. The number of ether oxygens (including phenoxy) is 2. The first-order chi connectivity index (χ1) is 13.7. The Bertz CT molecular complexity index is 1170. The molecule has 0 bridgehead atoms. The highest BCUT2D eigenvalue weighted by molar-refractivity contribution is 5.90. The van der Waals surface area contributed by atoms with Crippen LogP contribution in [0.15, 0.2) is 83.7 Å². The third-order valence-electron chi connectivity index (χ3n) is 4.87. The van der Waals surface area contributed by atoms with Gasteiger partial charge in [-0.15, -0.1) is 0 Å². The van der Waals surface area contributed by atoms with Crippen molar-refractivity contribution >= 4 is 10.9 Å². The molecule has 0 radical (unpaired) electrons. The number of nitrogens with zero attached hydrogens (tertiary/aromatic N) is 1. The van der Waals surface area contributed by atoms with Gasteiger partial charge in [0.15, 0.2) is 5.75 Å². The largest absolute Gasteiger partial charge is 0.496 e. The second-order valence-electron chi connectivity index (χ2n) is 6.50. The number of rotatable bonds is 5. The summed E-state index contributed by atoms with van der Waals surface area (Å²) in [6.07, 6.45) is 0. The molecule has 0 saturated heterocycles. The van der Waals surface area contributed by atoms with E-state index in [1.165, 1.54) is 7.11 Å². The minimum atomic E-state index is -0.168. The summed E-state index contributed by atoms with van der Waals surface area (Å²) >= 11 is 0. The second kappa shape index (κ2) is 7.61. The number of fused-ring (bicyclic) bond motifs is 1. The van der Waals surface area contributed by atoms with Crippen molar-refractivity contribution in [1.82, 2.24) is 4.57 Å². The Hall–Kier alpha value is -3.53. The predicted molar refractivity (Wildman–Crippen MR) is 112 cm³/mol. The zero-order valence-electron chi connectivity index (χ0n) is 15.9. The first kappa shape index (κ1) is 17.9. The van der Waals surface area contributed by atoms with E-state index in [-0.39, 0.29) is 5.43 Å². The fourth-order valence-electron chi connectivity index (χ4n) is 3.61. The summed E-state index contributed by atoms with van der Waals surface area (Å²) in [5.74, 6) is 0.862. The molecule has 1 aromatic heterocycles. The molecule has 140 valence electrons. The normalized spacial score (nSPS) is 10.8. The van der Waals surface area contributed by atoms with Crippen LogP contribution in [0, 0.1) is 0 Å². The van der Waals surface area contributed by atoms with Crippen molar-refractivity contribution in [3.05, 3.63) is 94.6 Å². The summed E-state index contributed by atoms with van der Waals surface area (Å²) < 4.78 is 13.2. The van der Waals surface area contributed by atoms with E-state index in [9.17, 15) is 4.79 Å². The van der Waals surface area contributed by atoms with Gasteiger partial charge in [-0.3, -0.25) is 4.79 Å². The van der Waals surface area contributed by atoms with Crippen LogP contribution in [0.5, 0.6) is 11.5 Å². The molecule has 0 fully saturated rings. The van der Waals surface area contributed by atoms with Gasteiger partial charge in [0.25, 0.3) is 0 Å². The summed E-state index contributed by atoms with van der Waals surface area (Å²) in [5, 5.41) is 0.525. The molecule has 0 atom stereocenters. The Balaban J connectivity index is 2.13. The maximum Gasteiger partial charge on any atom is 0.235 e. The lowest BCUT2D eigenvalue weighted by Crippen LogP contribution is -2.17. The molecular weight excluding hydrogens is 350 g/mol. The summed E-state index contributed by atoms with van der Waals surface area (Å²) in [7, 11) is 3.12. The van der Waals surface area contributed by atoms with Crippen LogP contribution in [-0.4, -0.2) is 18.8 Å². The number of benzene rings is 3. The van der Waals surface area contributed by atoms with Gasteiger partial charge in [-0.1, -0.05) is 66.7 Å². The third kappa shape index (κ3) is 3.03. The third-order valence-corrected chi connectivity index (χ3v) is 4.87. The van der Waals surface area contributed by atoms with Gasteiger partial charge in [-0.25, -0.2) is 0 Å². The highest BCUT2D eigenvalue weighted by Crippen LogP contribution is 2.34.